The molecule has 0 saturated heterocycles. The Kier molecular flexibility index (Phi) is 3.61. The van der Waals surface area contributed by atoms with Gasteiger partial charge in [0, 0.05) is 27.1 Å². The van der Waals surface area contributed by atoms with Gasteiger partial charge in [0.25, 0.3) is 0 Å². The maximum atomic E-state index is 11.8. The molecule has 1 fully saturated rings. The van der Waals surface area contributed by atoms with E-state index < -0.39 is 11.2 Å². The lowest BCUT2D eigenvalue weighted by atomic mass is 9.64. The number of methoxy groups -OCH3 is 2. The summed E-state index contributed by atoms with van der Waals surface area (Å²) in [7, 11) is 3.08. The quantitative estimate of drug-likeness (QED) is 0.412. The summed E-state index contributed by atoms with van der Waals surface area (Å²) in [6.07, 6.45) is 5.93. The molecule has 0 bridgehead atoms. The molecular formula is C12H18O4. The van der Waals surface area contributed by atoms with Crippen molar-refractivity contribution in [1.29, 1.82) is 0 Å². The fourth-order valence-electron chi connectivity index (χ4n) is 1.87. The third kappa shape index (κ3) is 2.06. The Morgan fingerprint density at radius 2 is 1.81 bits per heavy atom. The molecule has 1 aliphatic carbocycles. The van der Waals surface area contributed by atoms with Crippen LogP contribution >= 0.6 is 0 Å². The fraction of sp³-hybridized carbons (Fsp3) is 0.750. The third-order valence-electron chi connectivity index (χ3n) is 2.90. The molecule has 4 nitrogen and oxygen atoms in total. The highest BCUT2D eigenvalue weighted by Gasteiger charge is 2.60. The Morgan fingerprint density at radius 1 is 1.31 bits per heavy atom. The van der Waals surface area contributed by atoms with E-state index in [2.05, 4.69) is 5.92 Å². The van der Waals surface area contributed by atoms with Gasteiger partial charge >= 0.3 is 5.97 Å². The summed E-state index contributed by atoms with van der Waals surface area (Å²) < 4.78 is 15.6. The van der Waals surface area contributed by atoms with E-state index >= 15 is 0 Å². The van der Waals surface area contributed by atoms with E-state index in [1.165, 1.54) is 14.2 Å². The Hall–Kier alpha value is -1.05. The average Bonchev–Trinajstić information content (AvgIpc) is 2.18. The second kappa shape index (κ2) is 4.44. The summed E-state index contributed by atoms with van der Waals surface area (Å²) >= 11 is 0. The van der Waals surface area contributed by atoms with Crippen molar-refractivity contribution in [3.05, 3.63) is 0 Å². The van der Waals surface area contributed by atoms with Crippen LogP contribution in [0.25, 0.3) is 0 Å². The van der Waals surface area contributed by atoms with Crippen LogP contribution in [0, 0.1) is 17.8 Å². The minimum atomic E-state index is -0.893. The van der Waals surface area contributed by atoms with Crippen molar-refractivity contribution < 1.29 is 19.0 Å². The summed E-state index contributed by atoms with van der Waals surface area (Å²) in [6, 6.07) is 0. The smallest absolute Gasteiger partial charge is 0.324 e. The number of carbonyl (C=O) groups is 1. The van der Waals surface area contributed by atoms with Crippen molar-refractivity contribution >= 4 is 5.97 Å². The van der Waals surface area contributed by atoms with E-state index in [1.54, 1.807) is 13.8 Å². The van der Waals surface area contributed by atoms with Gasteiger partial charge in [-0.1, -0.05) is 5.92 Å². The lowest BCUT2D eigenvalue weighted by molar-refractivity contribution is -0.285. The summed E-state index contributed by atoms with van der Waals surface area (Å²) in [5, 5.41) is 0. The number of carbonyl (C=O) groups excluding carboxylic acids is 1. The molecular weight excluding hydrogens is 208 g/mol. The van der Waals surface area contributed by atoms with Crippen LogP contribution < -0.4 is 0 Å². The molecule has 0 radical (unpaired) electrons. The van der Waals surface area contributed by atoms with Gasteiger partial charge in [-0.3, -0.25) is 4.79 Å². The van der Waals surface area contributed by atoms with Gasteiger partial charge in [-0.05, 0) is 13.8 Å². The molecule has 0 amide bonds. The molecule has 90 valence electrons. The normalized spacial score (nSPS) is 21.0. The topological polar surface area (TPSA) is 44.8 Å². The van der Waals surface area contributed by atoms with Crippen LogP contribution in [-0.4, -0.2) is 32.1 Å². The van der Waals surface area contributed by atoms with Gasteiger partial charge < -0.3 is 14.2 Å². The molecule has 1 rings (SSSR count). The highest BCUT2D eigenvalue weighted by Crippen LogP contribution is 2.51. The standard InChI is InChI=1S/C12H18O4/c1-6-11(10(13)16-9(2)3)7-12(8-11,14-4)15-5/h1,9H,7-8H2,2-5H3. The highest BCUT2D eigenvalue weighted by atomic mass is 16.7. The largest absolute Gasteiger partial charge is 0.462 e. The third-order valence-corrected chi connectivity index (χ3v) is 2.90. The highest BCUT2D eigenvalue weighted by molar-refractivity contribution is 5.82. The monoisotopic (exact) mass is 226 g/mol. The zero-order chi connectivity index (χ0) is 12.4. The SMILES string of the molecule is C#CC1(C(=O)OC(C)C)CC(OC)(OC)C1. The second-order valence-corrected chi connectivity index (χ2v) is 4.35. The van der Waals surface area contributed by atoms with E-state index in [-0.39, 0.29) is 12.1 Å². The van der Waals surface area contributed by atoms with Gasteiger partial charge in [0.15, 0.2) is 5.79 Å². The maximum Gasteiger partial charge on any atom is 0.324 e. The molecule has 16 heavy (non-hydrogen) atoms. The van der Waals surface area contributed by atoms with Gasteiger partial charge in [0.1, 0.15) is 5.41 Å². The zero-order valence-electron chi connectivity index (χ0n) is 10.2. The Balaban J connectivity index is 2.72. The number of ether oxygens (including phenoxy) is 3. The molecule has 1 saturated carbocycles. The predicted molar refractivity (Wildman–Crippen MR) is 58.5 cm³/mol. The van der Waals surface area contributed by atoms with Crippen LogP contribution in [0.3, 0.4) is 0 Å². The van der Waals surface area contributed by atoms with Crippen LogP contribution in [0.1, 0.15) is 26.7 Å². The van der Waals surface area contributed by atoms with Crippen molar-refractivity contribution in [3.8, 4) is 12.3 Å². The van der Waals surface area contributed by atoms with E-state index in [0.29, 0.717) is 12.8 Å². The van der Waals surface area contributed by atoms with E-state index in [0.717, 1.165) is 0 Å². The molecule has 0 spiro atoms. The minimum Gasteiger partial charge on any atom is -0.462 e. The Labute approximate surface area is 96.2 Å². The number of hydrogen-bond acceptors (Lipinski definition) is 4. The summed E-state index contributed by atoms with van der Waals surface area (Å²) in [6.45, 7) is 3.58. The van der Waals surface area contributed by atoms with Gasteiger partial charge in [-0.2, -0.15) is 0 Å². The van der Waals surface area contributed by atoms with Crippen molar-refractivity contribution in [2.75, 3.05) is 14.2 Å². The van der Waals surface area contributed by atoms with Gasteiger partial charge in [0.2, 0.25) is 0 Å². The molecule has 0 aromatic carbocycles. The van der Waals surface area contributed by atoms with E-state index in [9.17, 15) is 4.79 Å². The zero-order valence-corrected chi connectivity index (χ0v) is 10.2. The van der Waals surface area contributed by atoms with Crippen molar-refractivity contribution in [2.45, 2.75) is 38.6 Å². The maximum absolute atomic E-state index is 11.8. The molecule has 0 aromatic rings. The molecule has 0 aromatic heterocycles. The van der Waals surface area contributed by atoms with E-state index in [1.807, 2.05) is 0 Å². The number of esters is 1. The first-order chi connectivity index (χ1) is 7.43. The number of rotatable bonds is 4. The lowest BCUT2D eigenvalue weighted by Crippen LogP contribution is -2.58. The molecule has 4 heteroatoms. The van der Waals surface area contributed by atoms with Crippen molar-refractivity contribution in [3.63, 3.8) is 0 Å². The average molecular weight is 226 g/mol. The van der Waals surface area contributed by atoms with Crippen LogP contribution in [0.5, 0.6) is 0 Å². The predicted octanol–water partition coefficient (Wildman–Crippen LogP) is 1.34. The molecule has 0 unspecified atom stereocenters. The summed E-state index contributed by atoms with van der Waals surface area (Å²) in [5.41, 5.74) is -0.893. The fourth-order valence-corrected chi connectivity index (χ4v) is 1.87. The number of terminal acetylenes is 1. The van der Waals surface area contributed by atoms with Gasteiger partial charge in [0.05, 0.1) is 6.10 Å². The number of hydrogen-bond donors (Lipinski definition) is 0. The van der Waals surface area contributed by atoms with Crippen molar-refractivity contribution in [2.24, 2.45) is 5.41 Å². The lowest BCUT2D eigenvalue weighted by Gasteiger charge is -2.49. The minimum absolute atomic E-state index is 0.169. The van der Waals surface area contributed by atoms with Gasteiger partial charge in [-0.15, -0.1) is 6.42 Å². The first-order valence-electron chi connectivity index (χ1n) is 5.23. The summed E-state index contributed by atoms with van der Waals surface area (Å²) in [4.78, 5) is 11.8. The molecule has 0 atom stereocenters. The van der Waals surface area contributed by atoms with Crippen molar-refractivity contribution in [1.82, 2.24) is 0 Å². The van der Waals surface area contributed by atoms with Crippen LogP contribution in [0.4, 0.5) is 0 Å². The molecule has 0 N–H and O–H groups in total. The molecule has 0 aliphatic heterocycles. The van der Waals surface area contributed by atoms with E-state index in [4.69, 9.17) is 20.6 Å². The van der Waals surface area contributed by atoms with Gasteiger partial charge in [-0.25, -0.2) is 0 Å². The van der Waals surface area contributed by atoms with Crippen LogP contribution in [0.2, 0.25) is 0 Å². The summed E-state index contributed by atoms with van der Waals surface area (Å²) in [5.74, 6) is 1.41. The molecule has 1 aliphatic rings. The molecule has 0 heterocycles. The second-order valence-electron chi connectivity index (χ2n) is 4.35. The van der Waals surface area contributed by atoms with Crippen LogP contribution in [-0.2, 0) is 19.0 Å². The van der Waals surface area contributed by atoms with Crippen LogP contribution in [0.15, 0.2) is 0 Å². The Morgan fingerprint density at radius 3 is 2.12 bits per heavy atom. The first kappa shape index (κ1) is 13.0. The first-order valence-corrected chi connectivity index (χ1v) is 5.23. The Bertz CT molecular complexity index is 301.